The number of piperazine rings is 1. The molecule has 3 aromatic rings. The molecule has 162 valence electrons. The van der Waals surface area contributed by atoms with Crippen molar-refractivity contribution in [3.05, 3.63) is 59.2 Å². The number of amides is 2. The van der Waals surface area contributed by atoms with Gasteiger partial charge < -0.3 is 14.9 Å². The molecule has 1 aromatic heterocycles. The number of hydrogen-bond donors (Lipinski definition) is 1. The molecule has 2 heterocycles. The van der Waals surface area contributed by atoms with E-state index in [0.717, 1.165) is 24.0 Å². The van der Waals surface area contributed by atoms with Gasteiger partial charge in [0.2, 0.25) is 5.91 Å². The second-order valence-electron chi connectivity index (χ2n) is 7.73. The highest BCUT2D eigenvalue weighted by molar-refractivity contribution is 6.34. The largest absolute Gasteiger partial charge is 0.465 e. The van der Waals surface area contributed by atoms with E-state index in [1.807, 2.05) is 42.3 Å². The Balaban J connectivity index is 1.56. The summed E-state index contributed by atoms with van der Waals surface area (Å²) in [4.78, 5) is 29.8. The molecule has 1 aliphatic heterocycles. The molecule has 31 heavy (non-hydrogen) atoms. The summed E-state index contributed by atoms with van der Waals surface area (Å²) < 4.78 is 1.59. The Labute approximate surface area is 185 Å². The molecule has 1 aliphatic rings. The zero-order valence-electron chi connectivity index (χ0n) is 17.2. The normalized spacial score (nSPS) is 14.7. The molecule has 0 spiro atoms. The van der Waals surface area contributed by atoms with Gasteiger partial charge in [-0.25, -0.2) is 4.79 Å². The molecule has 4 rings (SSSR count). The summed E-state index contributed by atoms with van der Waals surface area (Å²) in [6.45, 7) is 3.45. The second kappa shape index (κ2) is 8.95. The first-order chi connectivity index (χ1) is 14.9. The van der Waals surface area contributed by atoms with Crippen molar-refractivity contribution < 1.29 is 14.7 Å². The summed E-state index contributed by atoms with van der Waals surface area (Å²) in [6, 6.07) is 12.7. The van der Waals surface area contributed by atoms with Gasteiger partial charge in [-0.3, -0.25) is 14.4 Å². The van der Waals surface area contributed by atoms with Crippen LogP contribution in [0.2, 0.25) is 5.02 Å². The van der Waals surface area contributed by atoms with Gasteiger partial charge in [0.05, 0.1) is 22.8 Å². The van der Waals surface area contributed by atoms with Crippen LogP contribution in [0.1, 0.15) is 5.56 Å². The fraction of sp³-hybridized carbons (Fsp3) is 0.318. The molecule has 1 N–H and O–H groups in total. The lowest BCUT2D eigenvalue weighted by molar-refractivity contribution is -0.133. The maximum atomic E-state index is 12.6. The van der Waals surface area contributed by atoms with Gasteiger partial charge in [0.25, 0.3) is 0 Å². The SMILES string of the molecule is CN1CCN(C(=O)Cn2cc3cc(N(Cc4ccccc4)C(=O)O)c(Cl)cc3n2)CC1. The summed E-state index contributed by atoms with van der Waals surface area (Å²) in [5.74, 6) is 0.0171. The van der Waals surface area contributed by atoms with Crippen molar-refractivity contribution in [2.24, 2.45) is 0 Å². The number of anilines is 1. The molecule has 0 bridgehead atoms. The lowest BCUT2D eigenvalue weighted by atomic mass is 10.2. The quantitative estimate of drug-likeness (QED) is 0.657. The van der Waals surface area contributed by atoms with Crippen LogP contribution in [0.3, 0.4) is 0 Å². The zero-order valence-corrected chi connectivity index (χ0v) is 18.0. The minimum atomic E-state index is -1.09. The first-order valence-electron chi connectivity index (χ1n) is 10.1. The maximum Gasteiger partial charge on any atom is 0.412 e. The van der Waals surface area contributed by atoms with Crippen molar-refractivity contribution in [2.45, 2.75) is 13.1 Å². The van der Waals surface area contributed by atoms with Crippen molar-refractivity contribution in [1.29, 1.82) is 0 Å². The second-order valence-corrected chi connectivity index (χ2v) is 8.13. The van der Waals surface area contributed by atoms with Gasteiger partial charge in [-0.2, -0.15) is 5.10 Å². The van der Waals surface area contributed by atoms with E-state index in [-0.39, 0.29) is 19.0 Å². The van der Waals surface area contributed by atoms with Crippen LogP contribution in [-0.4, -0.2) is 69.9 Å². The molecule has 8 nitrogen and oxygen atoms in total. The molecule has 0 aliphatic carbocycles. The number of nitrogens with zero attached hydrogens (tertiary/aromatic N) is 5. The van der Waals surface area contributed by atoms with Crippen molar-refractivity contribution in [2.75, 3.05) is 38.1 Å². The van der Waals surface area contributed by atoms with Gasteiger partial charge in [0.15, 0.2) is 0 Å². The van der Waals surface area contributed by atoms with Crippen molar-refractivity contribution in [1.82, 2.24) is 19.6 Å². The summed E-state index contributed by atoms with van der Waals surface area (Å²) in [5.41, 5.74) is 1.86. The Morgan fingerprint density at radius 1 is 1.13 bits per heavy atom. The number of aromatic nitrogens is 2. The Morgan fingerprint density at radius 3 is 2.52 bits per heavy atom. The summed E-state index contributed by atoms with van der Waals surface area (Å²) in [5, 5.41) is 15.2. The van der Waals surface area contributed by atoms with E-state index in [0.29, 0.717) is 29.3 Å². The highest BCUT2D eigenvalue weighted by Gasteiger charge is 2.22. The minimum Gasteiger partial charge on any atom is -0.465 e. The van der Waals surface area contributed by atoms with E-state index >= 15 is 0 Å². The van der Waals surface area contributed by atoms with Crippen molar-refractivity contribution in [3.8, 4) is 0 Å². The van der Waals surface area contributed by atoms with Crippen LogP contribution in [0, 0.1) is 0 Å². The third kappa shape index (κ3) is 4.81. The molecule has 0 unspecified atom stereocenters. The van der Waals surface area contributed by atoms with E-state index in [4.69, 9.17) is 11.6 Å². The van der Waals surface area contributed by atoms with Crippen LogP contribution in [0.4, 0.5) is 10.5 Å². The number of carboxylic acid groups (broad SMARTS) is 1. The van der Waals surface area contributed by atoms with Gasteiger partial charge in [-0.15, -0.1) is 0 Å². The Kier molecular flexibility index (Phi) is 6.11. The number of hydrogen-bond acceptors (Lipinski definition) is 4. The van der Waals surface area contributed by atoms with E-state index in [1.54, 1.807) is 23.0 Å². The number of likely N-dealkylation sites (N-methyl/N-ethyl adjacent to an activating group) is 1. The van der Waals surface area contributed by atoms with Crippen LogP contribution in [-0.2, 0) is 17.9 Å². The lowest BCUT2D eigenvalue weighted by Crippen LogP contribution is -2.48. The van der Waals surface area contributed by atoms with Gasteiger partial charge in [-0.1, -0.05) is 41.9 Å². The number of carbonyl (C=O) groups excluding carboxylic acids is 1. The molecule has 2 aromatic carbocycles. The molecule has 0 radical (unpaired) electrons. The summed E-state index contributed by atoms with van der Waals surface area (Å²) >= 11 is 6.42. The predicted molar refractivity (Wildman–Crippen MR) is 119 cm³/mol. The predicted octanol–water partition coefficient (Wildman–Crippen LogP) is 3.15. The van der Waals surface area contributed by atoms with Gasteiger partial charge >= 0.3 is 6.09 Å². The number of carbonyl (C=O) groups is 2. The fourth-order valence-corrected chi connectivity index (χ4v) is 3.95. The molecule has 9 heteroatoms. The molecular formula is C22H24ClN5O3. The van der Waals surface area contributed by atoms with Crippen LogP contribution >= 0.6 is 11.6 Å². The average molecular weight is 442 g/mol. The summed E-state index contributed by atoms with van der Waals surface area (Å²) in [6.07, 6.45) is 0.661. The first kappa shape index (κ1) is 21.1. The minimum absolute atomic E-state index is 0.0171. The van der Waals surface area contributed by atoms with Crippen LogP contribution < -0.4 is 4.90 Å². The van der Waals surface area contributed by atoms with Gasteiger partial charge in [-0.05, 0) is 24.7 Å². The molecular weight excluding hydrogens is 418 g/mol. The van der Waals surface area contributed by atoms with Crippen LogP contribution in [0.15, 0.2) is 48.7 Å². The molecule has 1 fully saturated rings. The summed E-state index contributed by atoms with van der Waals surface area (Å²) in [7, 11) is 2.04. The highest BCUT2D eigenvalue weighted by Crippen LogP contribution is 2.32. The average Bonchev–Trinajstić information content (AvgIpc) is 3.13. The van der Waals surface area contributed by atoms with E-state index < -0.39 is 6.09 Å². The number of fused-ring (bicyclic) bond motifs is 1. The fourth-order valence-electron chi connectivity index (χ4n) is 3.69. The van der Waals surface area contributed by atoms with Crippen molar-refractivity contribution in [3.63, 3.8) is 0 Å². The van der Waals surface area contributed by atoms with Gasteiger partial charge in [0, 0.05) is 37.8 Å². The van der Waals surface area contributed by atoms with Gasteiger partial charge in [0.1, 0.15) is 6.54 Å². The smallest absolute Gasteiger partial charge is 0.412 e. The molecule has 0 saturated carbocycles. The topological polar surface area (TPSA) is 81.9 Å². The molecule has 1 saturated heterocycles. The Bertz CT molecular complexity index is 1090. The van der Waals surface area contributed by atoms with E-state index in [2.05, 4.69) is 10.00 Å². The Morgan fingerprint density at radius 2 is 1.84 bits per heavy atom. The van der Waals surface area contributed by atoms with Crippen molar-refractivity contribution >= 4 is 40.2 Å². The zero-order chi connectivity index (χ0) is 22.0. The lowest BCUT2D eigenvalue weighted by Gasteiger charge is -2.32. The first-order valence-corrected chi connectivity index (χ1v) is 10.5. The number of rotatable bonds is 5. The highest BCUT2D eigenvalue weighted by atomic mass is 35.5. The maximum absolute atomic E-state index is 12.6. The van der Waals surface area contributed by atoms with Crippen LogP contribution in [0.25, 0.3) is 10.9 Å². The molecule has 2 amide bonds. The number of benzene rings is 2. The third-order valence-corrected chi connectivity index (χ3v) is 5.78. The van der Waals surface area contributed by atoms with Crippen LogP contribution in [0.5, 0.6) is 0 Å². The standard InChI is InChI=1S/C22H24ClN5O3/c1-25-7-9-26(10-8-25)21(29)15-27-14-17-11-20(18(23)12-19(17)24-27)28(22(30)31)13-16-5-3-2-4-6-16/h2-6,11-12,14H,7-10,13,15H2,1H3,(H,30,31). The molecule has 0 atom stereocenters. The van der Waals surface area contributed by atoms with E-state index in [9.17, 15) is 14.7 Å². The monoisotopic (exact) mass is 441 g/mol. The van der Waals surface area contributed by atoms with E-state index in [1.165, 1.54) is 4.90 Å². The number of halogens is 1. The third-order valence-electron chi connectivity index (χ3n) is 5.48. The Hall–Kier alpha value is -3.10.